The first-order valence-electron chi connectivity index (χ1n) is 9.67. The lowest BCUT2D eigenvalue weighted by molar-refractivity contribution is 0.706. The van der Waals surface area contributed by atoms with Crippen LogP contribution in [0, 0.1) is 13.8 Å². The lowest BCUT2D eigenvalue weighted by atomic mass is 10.0. The van der Waals surface area contributed by atoms with E-state index in [4.69, 9.17) is 10.1 Å². The molecule has 1 atom stereocenters. The number of hydrogen-bond donors (Lipinski definition) is 0. The topological polar surface area (TPSA) is 28.5 Å². The number of thiazole rings is 1. The molecule has 5 heteroatoms. The van der Waals surface area contributed by atoms with Crippen molar-refractivity contribution in [3.63, 3.8) is 0 Å². The largest absolute Gasteiger partial charge is 0.231 e. The molecule has 1 aliphatic rings. The molecule has 0 bridgehead atoms. The maximum absolute atomic E-state index is 5.01. The predicted molar refractivity (Wildman–Crippen MR) is 124 cm³/mol. The van der Waals surface area contributed by atoms with Gasteiger partial charge in [-0.05, 0) is 30.9 Å². The Morgan fingerprint density at radius 3 is 2.31 bits per heavy atom. The molecule has 0 spiro atoms. The van der Waals surface area contributed by atoms with Crippen molar-refractivity contribution >= 4 is 33.5 Å². The van der Waals surface area contributed by atoms with Gasteiger partial charge in [-0.25, -0.2) is 9.99 Å². The molecule has 4 aromatic rings. The minimum absolute atomic E-state index is 0.171. The van der Waals surface area contributed by atoms with E-state index in [2.05, 4.69) is 90.3 Å². The number of aromatic nitrogens is 1. The van der Waals surface area contributed by atoms with Crippen LogP contribution in [0.4, 0.5) is 5.13 Å². The van der Waals surface area contributed by atoms with Gasteiger partial charge in [0.2, 0.25) is 5.13 Å². The van der Waals surface area contributed by atoms with Crippen molar-refractivity contribution in [2.75, 3.05) is 5.01 Å². The van der Waals surface area contributed by atoms with Crippen LogP contribution in [0.2, 0.25) is 0 Å². The number of hydrazone groups is 1. The molecule has 0 unspecified atom stereocenters. The molecule has 0 fully saturated rings. The van der Waals surface area contributed by atoms with Crippen molar-refractivity contribution in [1.29, 1.82) is 0 Å². The zero-order valence-electron chi connectivity index (χ0n) is 16.4. The summed E-state index contributed by atoms with van der Waals surface area (Å²) in [6.07, 6.45) is 0.892. The van der Waals surface area contributed by atoms with Gasteiger partial charge in [-0.1, -0.05) is 65.7 Å². The number of thiophene rings is 1. The van der Waals surface area contributed by atoms with Crippen molar-refractivity contribution in [2.24, 2.45) is 5.10 Å². The molecule has 0 aliphatic carbocycles. The van der Waals surface area contributed by atoms with E-state index in [0.29, 0.717) is 0 Å². The minimum atomic E-state index is 0.171. The summed E-state index contributed by atoms with van der Waals surface area (Å²) >= 11 is 3.40. The van der Waals surface area contributed by atoms with Gasteiger partial charge in [0.25, 0.3) is 0 Å². The quantitative estimate of drug-likeness (QED) is 0.365. The molecule has 29 heavy (non-hydrogen) atoms. The van der Waals surface area contributed by atoms with Crippen LogP contribution in [-0.4, -0.2) is 10.7 Å². The van der Waals surface area contributed by atoms with Crippen LogP contribution in [-0.2, 0) is 0 Å². The fourth-order valence-corrected chi connectivity index (χ4v) is 5.11. The summed E-state index contributed by atoms with van der Waals surface area (Å²) in [7, 11) is 0. The Morgan fingerprint density at radius 1 is 0.897 bits per heavy atom. The van der Waals surface area contributed by atoms with Crippen molar-refractivity contribution in [2.45, 2.75) is 26.3 Å². The number of benzene rings is 2. The van der Waals surface area contributed by atoms with E-state index >= 15 is 0 Å². The van der Waals surface area contributed by atoms with E-state index in [1.165, 1.54) is 21.6 Å². The normalized spacial score (nSPS) is 16.3. The zero-order valence-corrected chi connectivity index (χ0v) is 18.0. The summed E-state index contributed by atoms with van der Waals surface area (Å²) in [6.45, 7) is 4.23. The van der Waals surface area contributed by atoms with Crippen LogP contribution >= 0.6 is 22.7 Å². The second-order valence-corrected chi connectivity index (χ2v) is 9.16. The van der Waals surface area contributed by atoms with E-state index in [9.17, 15) is 0 Å². The van der Waals surface area contributed by atoms with Gasteiger partial charge in [0.05, 0.1) is 22.3 Å². The van der Waals surface area contributed by atoms with E-state index in [1.54, 1.807) is 22.7 Å². The fourth-order valence-electron chi connectivity index (χ4n) is 3.55. The third-order valence-electron chi connectivity index (χ3n) is 5.21. The fraction of sp³-hybridized carbons (Fsp3) is 0.167. The molecular formula is C24H21N3S2. The van der Waals surface area contributed by atoms with Gasteiger partial charge >= 0.3 is 0 Å². The summed E-state index contributed by atoms with van der Waals surface area (Å²) in [6, 6.07) is 21.7. The van der Waals surface area contributed by atoms with Gasteiger partial charge in [-0.2, -0.15) is 5.10 Å². The average Bonchev–Trinajstić information content (AvgIpc) is 3.48. The molecule has 0 radical (unpaired) electrons. The van der Waals surface area contributed by atoms with Crippen molar-refractivity contribution in [3.05, 3.63) is 93.0 Å². The highest BCUT2D eigenvalue weighted by Crippen LogP contribution is 2.39. The molecule has 3 heterocycles. The Kier molecular flexibility index (Phi) is 4.78. The second-order valence-electron chi connectivity index (χ2n) is 7.38. The Labute approximate surface area is 179 Å². The molecular weight excluding hydrogens is 394 g/mol. The lowest BCUT2D eigenvalue weighted by Crippen LogP contribution is -2.18. The smallest absolute Gasteiger partial charge is 0.207 e. The lowest BCUT2D eigenvalue weighted by Gasteiger charge is -2.21. The van der Waals surface area contributed by atoms with Crippen LogP contribution < -0.4 is 5.01 Å². The predicted octanol–water partition coefficient (Wildman–Crippen LogP) is 6.84. The second kappa shape index (κ2) is 7.58. The highest BCUT2D eigenvalue weighted by molar-refractivity contribution is 7.14. The van der Waals surface area contributed by atoms with E-state index in [0.717, 1.165) is 28.5 Å². The van der Waals surface area contributed by atoms with Gasteiger partial charge in [0, 0.05) is 17.4 Å². The standard InChI is InChI=1S/C24H21N3S2/c1-16-5-9-18(10-6-16)21-15-29-24(25-21)27-22(19-11-7-17(2)8-12-19)14-20(26-27)23-4-3-13-28-23/h3-13,15,22H,14H2,1-2H3/t22-/m1/s1. The van der Waals surface area contributed by atoms with Gasteiger partial charge < -0.3 is 0 Å². The van der Waals surface area contributed by atoms with Gasteiger partial charge in [-0.3, -0.25) is 0 Å². The zero-order chi connectivity index (χ0) is 19.8. The maximum Gasteiger partial charge on any atom is 0.207 e. The van der Waals surface area contributed by atoms with E-state index < -0.39 is 0 Å². The maximum atomic E-state index is 5.01. The minimum Gasteiger partial charge on any atom is -0.231 e. The van der Waals surface area contributed by atoms with E-state index in [1.807, 2.05) is 0 Å². The van der Waals surface area contributed by atoms with Crippen LogP contribution in [0.25, 0.3) is 11.3 Å². The SMILES string of the molecule is Cc1ccc(-c2csc(N3N=C(c4cccs4)C[C@@H]3c3ccc(C)cc3)n2)cc1. The summed E-state index contributed by atoms with van der Waals surface area (Å²) in [5, 5.41) is 12.3. The Hall–Kier alpha value is -2.76. The monoisotopic (exact) mass is 415 g/mol. The number of hydrogen-bond acceptors (Lipinski definition) is 5. The number of aryl methyl sites for hydroxylation is 2. The van der Waals surface area contributed by atoms with Gasteiger partial charge in [-0.15, -0.1) is 22.7 Å². The average molecular weight is 416 g/mol. The molecule has 0 saturated carbocycles. The van der Waals surface area contributed by atoms with Crippen LogP contribution in [0.5, 0.6) is 0 Å². The van der Waals surface area contributed by atoms with Crippen molar-refractivity contribution < 1.29 is 0 Å². The molecule has 144 valence electrons. The third-order valence-corrected chi connectivity index (χ3v) is 6.96. The van der Waals surface area contributed by atoms with Gasteiger partial charge in [0.15, 0.2) is 0 Å². The van der Waals surface area contributed by atoms with Crippen LogP contribution in [0.15, 0.2) is 76.5 Å². The first-order valence-corrected chi connectivity index (χ1v) is 11.4. The molecule has 0 N–H and O–H groups in total. The highest BCUT2D eigenvalue weighted by Gasteiger charge is 2.32. The first-order chi connectivity index (χ1) is 14.2. The van der Waals surface area contributed by atoms with E-state index in [-0.39, 0.29) is 6.04 Å². The van der Waals surface area contributed by atoms with Crippen LogP contribution in [0.1, 0.15) is 34.0 Å². The molecule has 1 aliphatic heterocycles. The third kappa shape index (κ3) is 3.63. The number of rotatable bonds is 4. The summed E-state index contributed by atoms with van der Waals surface area (Å²) in [5.74, 6) is 0. The molecule has 2 aromatic carbocycles. The Balaban J connectivity index is 1.52. The van der Waals surface area contributed by atoms with Crippen LogP contribution in [0.3, 0.4) is 0 Å². The molecule has 3 nitrogen and oxygen atoms in total. The number of anilines is 1. The van der Waals surface area contributed by atoms with Crippen molar-refractivity contribution in [3.8, 4) is 11.3 Å². The summed E-state index contributed by atoms with van der Waals surface area (Å²) in [5.41, 5.74) is 7.09. The first kappa shape index (κ1) is 18.3. The Morgan fingerprint density at radius 2 is 1.62 bits per heavy atom. The van der Waals surface area contributed by atoms with Crippen molar-refractivity contribution in [1.82, 2.24) is 4.98 Å². The molecule has 5 rings (SSSR count). The number of nitrogens with zero attached hydrogens (tertiary/aromatic N) is 3. The van der Waals surface area contributed by atoms with Gasteiger partial charge in [0.1, 0.15) is 0 Å². The molecule has 2 aromatic heterocycles. The molecule has 0 amide bonds. The highest BCUT2D eigenvalue weighted by atomic mass is 32.1. The Bertz CT molecular complexity index is 1140. The summed E-state index contributed by atoms with van der Waals surface area (Å²) in [4.78, 5) is 6.18. The summed E-state index contributed by atoms with van der Waals surface area (Å²) < 4.78 is 0. The molecule has 0 saturated heterocycles.